The van der Waals surface area contributed by atoms with E-state index in [0.29, 0.717) is 12.1 Å². The van der Waals surface area contributed by atoms with Crippen LogP contribution in [0.25, 0.3) is 0 Å². The number of ether oxygens (including phenoxy) is 2. The second-order valence-corrected chi connectivity index (χ2v) is 3.25. The van der Waals surface area contributed by atoms with Crippen LogP contribution >= 0.6 is 0 Å². The van der Waals surface area contributed by atoms with Crippen molar-refractivity contribution >= 4 is 11.9 Å². The summed E-state index contributed by atoms with van der Waals surface area (Å²) in [5.74, 6) is -5.04. The van der Waals surface area contributed by atoms with Crippen LogP contribution in [-0.4, -0.2) is 30.8 Å². The number of halogens is 2. The summed E-state index contributed by atoms with van der Waals surface area (Å²) >= 11 is 0. The Labute approximate surface area is 101 Å². The molecule has 0 saturated heterocycles. The third-order valence-corrected chi connectivity index (χ3v) is 2.03. The largest absolute Gasteiger partial charge is 0.487 e. The van der Waals surface area contributed by atoms with Crippen molar-refractivity contribution in [3.05, 3.63) is 29.3 Å². The van der Waals surface area contributed by atoms with E-state index in [1.54, 1.807) is 0 Å². The van der Waals surface area contributed by atoms with Crippen molar-refractivity contribution in [1.29, 1.82) is 0 Å². The number of esters is 1. The van der Waals surface area contributed by atoms with Crippen LogP contribution in [0.5, 0.6) is 5.75 Å². The van der Waals surface area contributed by atoms with Crippen LogP contribution in [0, 0.1) is 11.6 Å². The minimum atomic E-state index is -1.45. The molecule has 0 saturated carbocycles. The second kappa shape index (κ2) is 5.95. The zero-order chi connectivity index (χ0) is 13.7. The van der Waals surface area contributed by atoms with Gasteiger partial charge in [-0.2, -0.15) is 0 Å². The molecular weight excluding hydrogens is 250 g/mol. The maximum atomic E-state index is 13.3. The summed E-state index contributed by atoms with van der Waals surface area (Å²) in [6.07, 6.45) is -0.171. The van der Waals surface area contributed by atoms with Gasteiger partial charge in [-0.1, -0.05) is 0 Å². The Bertz CT molecular complexity index is 449. The van der Waals surface area contributed by atoms with Gasteiger partial charge >= 0.3 is 11.9 Å². The maximum Gasteiger partial charge on any atom is 0.335 e. The van der Waals surface area contributed by atoms with Gasteiger partial charge in [-0.05, 0) is 12.1 Å². The normalized spacial score (nSPS) is 9.94. The molecule has 5 nitrogen and oxygen atoms in total. The van der Waals surface area contributed by atoms with Gasteiger partial charge in [0.2, 0.25) is 0 Å². The summed E-state index contributed by atoms with van der Waals surface area (Å²) in [6, 6.07) is 1.28. The zero-order valence-electron chi connectivity index (χ0n) is 9.41. The van der Waals surface area contributed by atoms with Crippen molar-refractivity contribution in [3.8, 4) is 5.75 Å². The molecule has 0 aromatic heterocycles. The summed E-state index contributed by atoms with van der Waals surface area (Å²) in [5.41, 5.74) is -0.523. The first-order valence-electron chi connectivity index (χ1n) is 4.87. The van der Waals surface area contributed by atoms with Gasteiger partial charge in [0, 0.05) is 0 Å². The van der Waals surface area contributed by atoms with E-state index >= 15 is 0 Å². The lowest BCUT2D eigenvalue weighted by Crippen LogP contribution is -2.10. The fourth-order valence-electron chi connectivity index (χ4n) is 1.16. The monoisotopic (exact) mass is 260 g/mol. The van der Waals surface area contributed by atoms with Crippen LogP contribution in [0.3, 0.4) is 0 Å². The molecule has 0 unspecified atom stereocenters. The van der Waals surface area contributed by atoms with Crippen molar-refractivity contribution in [2.75, 3.05) is 13.7 Å². The van der Waals surface area contributed by atoms with Gasteiger partial charge in [-0.15, -0.1) is 0 Å². The van der Waals surface area contributed by atoms with E-state index in [1.807, 2.05) is 0 Å². The van der Waals surface area contributed by atoms with Crippen molar-refractivity contribution < 1.29 is 33.0 Å². The van der Waals surface area contributed by atoms with E-state index in [1.165, 1.54) is 7.11 Å². The van der Waals surface area contributed by atoms with E-state index < -0.39 is 34.9 Å². The van der Waals surface area contributed by atoms with Crippen molar-refractivity contribution in [1.82, 2.24) is 0 Å². The van der Waals surface area contributed by atoms with Gasteiger partial charge in [0.05, 0.1) is 25.7 Å². The number of methoxy groups -OCH3 is 1. The first-order valence-corrected chi connectivity index (χ1v) is 4.87. The average Bonchev–Trinajstić information content (AvgIpc) is 2.31. The molecule has 0 amide bonds. The molecule has 1 rings (SSSR count). The Morgan fingerprint density at radius 1 is 1.28 bits per heavy atom. The van der Waals surface area contributed by atoms with E-state index in [4.69, 9.17) is 9.84 Å². The molecule has 1 aromatic rings. The first kappa shape index (κ1) is 13.9. The van der Waals surface area contributed by atoms with Crippen molar-refractivity contribution in [3.63, 3.8) is 0 Å². The van der Waals surface area contributed by atoms with Gasteiger partial charge < -0.3 is 14.6 Å². The SMILES string of the molecule is COC(=O)CCOc1c(F)cc(C(=O)O)cc1F. The third-order valence-electron chi connectivity index (χ3n) is 2.03. The lowest BCUT2D eigenvalue weighted by atomic mass is 10.2. The molecule has 0 fully saturated rings. The smallest absolute Gasteiger partial charge is 0.335 e. The number of rotatable bonds is 5. The number of hydrogen-bond donors (Lipinski definition) is 1. The van der Waals surface area contributed by atoms with Crippen LogP contribution in [0.1, 0.15) is 16.8 Å². The number of carbonyl (C=O) groups excluding carboxylic acids is 1. The Hall–Kier alpha value is -2.18. The summed E-state index contributed by atoms with van der Waals surface area (Å²) in [4.78, 5) is 21.3. The Kier molecular flexibility index (Phi) is 4.59. The molecule has 0 aliphatic heterocycles. The third kappa shape index (κ3) is 3.41. The van der Waals surface area contributed by atoms with Gasteiger partial charge in [-0.25, -0.2) is 13.6 Å². The van der Waals surface area contributed by atoms with Crippen molar-refractivity contribution in [2.45, 2.75) is 6.42 Å². The van der Waals surface area contributed by atoms with Crippen LogP contribution in [-0.2, 0) is 9.53 Å². The average molecular weight is 260 g/mol. The number of hydrogen-bond acceptors (Lipinski definition) is 4. The number of benzene rings is 1. The van der Waals surface area contributed by atoms with Crippen LogP contribution < -0.4 is 4.74 Å². The molecule has 0 aliphatic carbocycles. The molecule has 1 N–H and O–H groups in total. The number of carboxylic acids is 1. The quantitative estimate of drug-likeness (QED) is 0.814. The minimum Gasteiger partial charge on any atom is -0.487 e. The van der Waals surface area contributed by atoms with Gasteiger partial charge in [-0.3, -0.25) is 4.79 Å². The molecule has 0 radical (unpaired) electrons. The Balaban J connectivity index is 2.78. The lowest BCUT2D eigenvalue weighted by molar-refractivity contribution is -0.141. The van der Waals surface area contributed by atoms with Gasteiger partial charge in [0.15, 0.2) is 17.4 Å². The first-order chi connectivity index (χ1) is 8.45. The topological polar surface area (TPSA) is 72.8 Å². The minimum absolute atomic E-state index is 0.171. The molecule has 7 heteroatoms. The predicted octanol–water partition coefficient (Wildman–Crippen LogP) is 1.60. The summed E-state index contributed by atoms with van der Waals surface area (Å²) in [6.45, 7) is -0.271. The number of carboxylic acid groups (broad SMARTS) is 1. The van der Waals surface area contributed by atoms with Crippen LogP contribution in [0.4, 0.5) is 8.78 Å². The zero-order valence-corrected chi connectivity index (χ0v) is 9.41. The van der Waals surface area contributed by atoms with Gasteiger partial charge in [0.25, 0.3) is 0 Å². The molecule has 0 atom stereocenters. The standard InChI is InChI=1S/C11H10F2O5/c1-17-9(14)2-3-18-10-7(12)4-6(11(15)16)5-8(10)13/h4-5H,2-3H2,1H3,(H,15,16). The molecule has 0 aliphatic rings. The molecular formula is C11H10F2O5. The summed E-state index contributed by atoms with van der Waals surface area (Å²) < 4.78 is 35.7. The fraction of sp³-hybridized carbons (Fsp3) is 0.273. The predicted molar refractivity (Wildman–Crippen MR) is 55.4 cm³/mol. The van der Waals surface area contributed by atoms with E-state index in [2.05, 4.69) is 4.74 Å². The van der Waals surface area contributed by atoms with Gasteiger partial charge in [0.1, 0.15) is 0 Å². The highest BCUT2D eigenvalue weighted by molar-refractivity contribution is 5.87. The molecule has 18 heavy (non-hydrogen) atoms. The highest BCUT2D eigenvalue weighted by Gasteiger charge is 2.16. The number of carbonyl (C=O) groups is 2. The molecule has 0 spiro atoms. The van der Waals surface area contributed by atoms with E-state index in [0.717, 1.165) is 0 Å². The molecule has 0 heterocycles. The van der Waals surface area contributed by atoms with Crippen LogP contribution in [0.15, 0.2) is 12.1 Å². The lowest BCUT2D eigenvalue weighted by Gasteiger charge is -2.08. The molecule has 1 aromatic carbocycles. The highest BCUT2D eigenvalue weighted by atomic mass is 19.1. The Morgan fingerprint density at radius 2 is 1.83 bits per heavy atom. The molecule has 0 bridgehead atoms. The summed E-state index contributed by atoms with van der Waals surface area (Å²) in [7, 11) is 1.17. The number of aromatic carboxylic acids is 1. The highest BCUT2D eigenvalue weighted by Crippen LogP contribution is 2.23. The Morgan fingerprint density at radius 3 is 2.28 bits per heavy atom. The van der Waals surface area contributed by atoms with Crippen molar-refractivity contribution in [2.24, 2.45) is 0 Å². The molecule has 98 valence electrons. The summed E-state index contributed by atoms with van der Waals surface area (Å²) in [5, 5.41) is 8.57. The van der Waals surface area contributed by atoms with E-state index in [-0.39, 0.29) is 13.0 Å². The van der Waals surface area contributed by atoms with E-state index in [9.17, 15) is 18.4 Å². The second-order valence-electron chi connectivity index (χ2n) is 3.25. The fourth-order valence-corrected chi connectivity index (χ4v) is 1.16. The van der Waals surface area contributed by atoms with Crippen LogP contribution in [0.2, 0.25) is 0 Å². The maximum absolute atomic E-state index is 13.3.